The van der Waals surface area contributed by atoms with Crippen molar-refractivity contribution in [3.8, 4) is 0 Å². The third-order valence-corrected chi connectivity index (χ3v) is 5.90. The van der Waals surface area contributed by atoms with Gasteiger partial charge in [0, 0.05) is 0 Å². The van der Waals surface area contributed by atoms with Crippen molar-refractivity contribution in [2.75, 3.05) is 0 Å². The molecule has 0 amide bonds. The molecule has 2 aliphatic carbocycles. The van der Waals surface area contributed by atoms with Crippen LogP contribution in [0.25, 0.3) is 0 Å². The van der Waals surface area contributed by atoms with E-state index >= 15 is 0 Å². The molecule has 18 heavy (non-hydrogen) atoms. The Balaban J connectivity index is 0. The molecule has 1 atom stereocenters. The third-order valence-electron chi connectivity index (χ3n) is 3.50. The van der Waals surface area contributed by atoms with Gasteiger partial charge in [-0.05, 0) is 0 Å². The zero-order valence-corrected chi connectivity index (χ0v) is 16.2. The van der Waals surface area contributed by atoms with Crippen molar-refractivity contribution in [3.05, 3.63) is 21.1 Å². The van der Waals surface area contributed by atoms with Crippen LogP contribution >= 0.6 is 0 Å². The molecule has 0 N–H and O–H groups in total. The van der Waals surface area contributed by atoms with Gasteiger partial charge in [0.25, 0.3) is 0 Å². The van der Waals surface area contributed by atoms with Crippen LogP contribution in [0.1, 0.15) is 25.7 Å². The maximum Gasteiger partial charge on any atom is -1.00 e. The van der Waals surface area contributed by atoms with Crippen LogP contribution in [-0.2, 0) is 20.4 Å². The Labute approximate surface area is 143 Å². The van der Waals surface area contributed by atoms with Crippen LogP contribution in [0.3, 0.4) is 0 Å². The van der Waals surface area contributed by atoms with Gasteiger partial charge in [0.2, 0.25) is 0 Å². The van der Waals surface area contributed by atoms with Gasteiger partial charge in [0.15, 0.2) is 0 Å². The van der Waals surface area contributed by atoms with E-state index in [2.05, 4.69) is 46.2 Å². The molecule has 0 heterocycles. The summed E-state index contributed by atoms with van der Waals surface area (Å²) >= 11 is 2.35. The van der Waals surface area contributed by atoms with Gasteiger partial charge in [-0.2, -0.15) is 0 Å². The summed E-state index contributed by atoms with van der Waals surface area (Å²) in [4.78, 5) is 0. The average molecular weight is 360 g/mol. The monoisotopic (exact) mass is 358 g/mol. The van der Waals surface area contributed by atoms with Crippen LogP contribution in [0.15, 0.2) is 21.1 Å². The van der Waals surface area contributed by atoms with E-state index in [-0.39, 0.29) is 37.2 Å². The second-order valence-electron chi connectivity index (χ2n) is 6.17. The van der Waals surface area contributed by atoms with Crippen LogP contribution in [0.5, 0.6) is 0 Å². The number of hydrogen-bond donors (Lipinski definition) is 0. The Bertz CT molecular complexity index is 332. The van der Waals surface area contributed by atoms with Gasteiger partial charge in [-0.25, -0.2) is 0 Å². The summed E-state index contributed by atoms with van der Waals surface area (Å²) in [5.74, 6) is 0.840. The standard InChI is InChI=1S/C13H21Si.3ClH.Ti/c1-14(2,3)10-12-9-8-11-6-4-5-7-13(11)12;;;;/h8,12H,4-7,10H2,1-3H3;3*1H;/q;;;;+3/p-3. The molecular weight excluding hydrogens is 338 g/mol. The van der Waals surface area contributed by atoms with Gasteiger partial charge in [-0.15, -0.1) is 0 Å². The van der Waals surface area contributed by atoms with Gasteiger partial charge in [-0.3, -0.25) is 0 Å². The van der Waals surface area contributed by atoms with Crippen LogP contribution < -0.4 is 37.2 Å². The predicted molar refractivity (Wildman–Crippen MR) is 65.2 cm³/mol. The smallest absolute Gasteiger partial charge is 1.00 e. The van der Waals surface area contributed by atoms with Crippen LogP contribution in [-0.4, -0.2) is 8.07 Å². The molecule has 0 saturated heterocycles. The van der Waals surface area contributed by atoms with Crippen molar-refractivity contribution in [1.82, 2.24) is 0 Å². The molecule has 0 fully saturated rings. The summed E-state index contributed by atoms with van der Waals surface area (Å²) in [6.45, 7) is 7.50. The molecule has 0 aromatic heterocycles. The zero-order valence-electron chi connectivity index (χ0n) is 11.3. The van der Waals surface area contributed by atoms with E-state index in [0.29, 0.717) is 0 Å². The van der Waals surface area contributed by atoms with E-state index in [1.807, 2.05) is 5.57 Å². The Hall–Kier alpha value is 1.28. The Kier molecular flexibility index (Phi) is 10.2. The molecule has 1 unspecified atom stereocenters. The molecule has 0 spiro atoms. The van der Waals surface area contributed by atoms with Crippen LogP contribution in [0.4, 0.5) is 0 Å². The van der Waals surface area contributed by atoms with Gasteiger partial charge in [-0.1, -0.05) is 0 Å². The van der Waals surface area contributed by atoms with Crippen molar-refractivity contribution in [1.29, 1.82) is 0 Å². The fourth-order valence-corrected chi connectivity index (χ4v) is 5.55. The van der Waals surface area contributed by atoms with E-state index in [1.54, 1.807) is 9.45 Å². The molecule has 0 aliphatic heterocycles. The normalized spacial score (nSPS) is 22.3. The molecular formula is C13H21Cl3SiTi. The Morgan fingerprint density at radius 1 is 1.11 bits per heavy atom. The molecule has 0 aromatic rings. The first-order valence-electron chi connectivity index (χ1n) is 6.12. The minimum atomic E-state index is -0.915. The van der Waals surface area contributed by atoms with E-state index in [1.165, 1.54) is 31.7 Å². The number of halogens is 3. The van der Waals surface area contributed by atoms with E-state index < -0.39 is 8.07 Å². The third kappa shape index (κ3) is 5.34. The molecule has 0 bridgehead atoms. The Morgan fingerprint density at radius 3 is 2.22 bits per heavy atom. The quantitative estimate of drug-likeness (QED) is 0.435. The summed E-state index contributed by atoms with van der Waals surface area (Å²) in [5.41, 5.74) is 3.53. The van der Waals surface area contributed by atoms with Gasteiger partial charge >= 0.3 is 107 Å². The molecule has 2 rings (SSSR count). The van der Waals surface area contributed by atoms with E-state index in [4.69, 9.17) is 0 Å². The maximum atomic E-state index is 2.50. The van der Waals surface area contributed by atoms with Crippen molar-refractivity contribution in [3.63, 3.8) is 0 Å². The largest absolute Gasteiger partial charge is 1.00 e. The Morgan fingerprint density at radius 2 is 1.67 bits per heavy atom. The first-order valence-corrected chi connectivity index (χ1v) is 10.6. The molecule has 2 aliphatic rings. The predicted octanol–water partition coefficient (Wildman–Crippen LogP) is -4.73. The van der Waals surface area contributed by atoms with E-state index in [0.717, 1.165) is 5.92 Å². The SMILES string of the molecule is C[Si](C)(C)CC1[C]([Ti+3])=CC2=C1CCCC2.[Cl-].[Cl-].[Cl-]. The number of rotatable bonds is 2. The topological polar surface area (TPSA) is 0 Å². The molecule has 0 saturated carbocycles. The minimum Gasteiger partial charge on any atom is -1.00 e. The van der Waals surface area contributed by atoms with E-state index in [9.17, 15) is 0 Å². The van der Waals surface area contributed by atoms with Gasteiger partial charge in [0.05, 0.1) is 0 Å². The van der Waals surface area contributed by atoms with Gasteiger partial charge in [0.1, 0.15) is 0 Å². The summed E-state index contributed by atoms with van der Waals surface area (Å²) < 4.78 is 1.66. The number of allylic oxidation sites excluding steroid dienone is 4. The minimum absolute atomic E-state index is 0. The summed E-state index contributed by atoms with van der Waals surface area (Å²) in [5, 5.41) is 0. The zero-order chi connectivity index (χ0) is 11.1. The molecule has 0 radical (unpaired) electrons. The van der Waals surface area contributed by atoms with Crippen LogP contribution in [0.2, 0.25) is 25.7 Å². The van der Waals surface area contributed by atoms with Crippen molar-refractivity contribution in [2.24, 2.45) is 5.92 Å². The van der Waals surface area contributed by atoms with Crippen molar-refractivity contribution >= 4 is 8.07 Å². The molecule has 0 nitrogen and oxygen atoms in total. The van der Waals surface area contributed by atoms with Crippen molar-refractivity contribution in [2.45, 2.75) is 51.4 Å². The van der Waals surface area contributed by atoms with Gasteiger partial charge < -0.3 is 37.2 Å². The maximum absolute atomic E-state index is 2.50. The fourth-order valence-electron chi connectivity index (χ4n) is 2.84. The molecule has 0 aromatic carbocycles. The summed E-state index contributed by atoms with van der Waals surface area (Å²) in [6.07, 6.45) is 8.09. The summed E-state index contributed by atoms with van der Waals surface area (Å²) in [6, 6.07) is 1.47. The second-order valence-corrected chi connectivity index (χ2v) is 12.6. The second kappa shape index (κ2) is 8.54. The first-order chi connectivity index (χ1) is 6.97. The fraction of sp³-hybridized carbons (Fsp3) is 0.692. The average Bonchev–Trinajstić information content (AvgIpc) is 2.41. The van der Waals surface area contributed by atoms with Crippen LogP contribution in [0, 0.1) is 5.92 Å². The molecule has 5 heteroatoms. The van der Waals surface area contributed by atoms with Crippen molar-refractivity contribution < 1.29 is 57.7 Å². The number of hydrogen-bond acceptors (Lipinski definition) is 0. The molecule has 102 valence electrons. The summed E-state index contributed by atoms with van der Waals surface area (Å²) in [7, 11) is -0.915. The first kappa shape index (κ1) is 21.6.